The Hall–Kier alpha value is -0.770. The van der Waals surface area contributed by atoms with Crippen LogP contribution in [0, 0.1) is 5.92 Å². The van der Waals surface area contributed by atoms with Gasteiger partial charge in [-0.3, -0.25) is 0 Å². The number of anilines is 1. The number of halogens is 1. The first-order valence-electron chi connectivity index (χ1n) is 7.85. The number of hydrogen-bond acceptors (Lipinski definition) is 3. The summed E-state index contributed by atoms with van der Waals surface area (Å²) in [5.41, 5.74) is 2.35. The Morgan fingerprint density at radius 2 is 1.95 bits per heavy atom. The molecule has 1 heterocycles. The van der Waals surface area contributed by atoms with E-state index in [1.54, 1.807) is 0 Å². The summed E-state index contributed by atoms with van der Waals surface area (Å²) in [6, 6.07) is 6.38. The van der Waals surface area contributed by atoms with E-state index in [0.717, 1.165) is 36.9 Å². The van der Waals surface area contributed by atoms with Gasteiger partial charge in [0.2, 0.25) is 0 Å². The van der Waals surface area contributed by atoms with Crippen molar-refractivity contribution in [3.8, 4) is 0 Å². The zero-order valence-electron chi connectivity index (χ0n) is 13.5. The lowest BCUT2D eigenvalue weighted by molar-refractivity contribution is -0.00520. The van der Waals surface area contributed by atoms with Crippen molar-refractivity contribution in [3.63, 3.8) is 0 Å². The highest BCUT2D eigenvalue weighted by atomic mass is 35.5. The van der Waals surface area contributed by atoms with Gasteiger partial charge in [0, 0.05) is 19.6 Å². The third kappa shape index (κ3) is 4.87. The highest BCUT2D eigenvalue weighted by Crippen LogP contribution is 2.29. The second kappa shape index (κ2) is 7.48. The van der Waals surface area contributed by atoms with Crippen LogP contribution >= 0.6 is 11.6 Å². The average Bonchev–Trinajstić information content (AvgIpc) is 2.37. The molecule has 1 aliphatic rings. The van der Waals surface area contributed by atoms with Crippen molar-refractivity contribution in [2.45, 2.75) is 46.4 Å². The summed E-state index contributed by atoms with van der Waals surface area (Å²) in [6.45, 7) is 12.3. The van der Waals surface area contributed by atoms with Crippen LogP contribution in [-0.4, -0.2) is 31.8 Å². The zero-order chi connectivity index (χ0) is 15.4. The van der Waals surface area contributed by atoms with Gasteiger partial charge >= 0.3 is 0 Å². The van der Waals surface area contributed by atoms with Crippen molar-refractivity contribution in [3.05, 3.63) is 28.8 Å². The summed E-state index contributed by atoms with van der Waals surface area (Å²) in [5.74, 6) is 0.663. The maximum atomic E-state index is 6.49. The van der Waals surface area contributed by atoms with Crippen molar-refractivity contribution in [1.29, 1.82) is 0 Å². The van der Waals surface area contributed by atoms with Gasteiger partial charge in [0.05, 0.1) is 22.9 Å². The topological polar surface area (TPSA) is 24.5 Å². The molecule has 1 saturated heterocycles. The van der Waals surface area contributed by atoms with E-state index in [4.69, 9.17) is 16.3 Å². The Bertz CT molecular complexity index is 454. The van der Waals surface area contributed by atoms with Crippen molar-refractivity contribution in [2.24, 2.45) is 5.92 Å². The number of morpholine rings is 1. The summed E-state index contributed by atoms with van der Waals surface area (Å²) in [7, 11) is 0. The minimum Gasteiger partial charge on any atom is -0.372 e. The van der Waals surface area contributed by atoms with Crippen molar-refractivity contribution < 1.29 is 4.74 Å². The monoisotopic (exact) mass is 310 g/mol. The second-order valence-corrected chi connectivity index (χ2v) is 6.88. The second-order valence-electron chi connectivity index (χ2n) is 6.47. The molecule has 21 heavy (non-hydrogen) atoms. The highest BCUT2D eigenvalue weighted by Gasteiger charge is 2.23. The Morgan fingerprint density at radius 1 is 1.29 bits per heavy atom. The fourth-order valence-electron chi connectivity index (χ4n) is 2.80. The lowest BCUT2D eigenvalue weighted by Gasteiger charge is -2.37. The summed E-state index contributed by atoms with van der Waals surface area (Å²) >= 11 is 6.49. The molecule has 0 aromatic heterocycles. The number of benzene rings is 1. The maximum Gasteiger partial charge on any atom is 0.0726 e. The van der Waals surface area contributed by atoms with Gasteiger partial charge in [0.15, 0.2) is 0 Å². The van der Waals surface area contributed by atoms with Crippen LogP contribution in [0.2, 0.25) is 5.02 Å². The first-order valence-corrected chi connectivity index (χ1v) is 8.23. The van der Waals surface area contributed by atoms with E-state index in [9.17, 15) is 0 Å². The molecule has 0 aliphatic carbocycles. The third-order valence-electron chi connectivity index (χ3n) is 3.65. The van der Waals surface area contributed by atoms with Crippen LogP contribution in [0.4, 0.5) is 5.69 Å². The van der Waals surface area contributed by atoms with E-state index in [-0.39, 0.29) is 12.2 Å². The molecule has 1 fully saturated rings. The molecule has 1 aromatic rings. The lowest BCUT2D eigenvalue weighted by atomic mass is 10.1. The normalized spacial score (nSPS) is 22.9. The molecule has 3 nitrogen and oxygen atoms in total. The maximum absolute atomic E-state index is 6.49. The third-order valence-corrected chi connectivity index (χ3v) is 3.96. The highest BCUT2D eigenvalue weighted by molar-refractivity contribution is 6.33. The first kappa shape index (κ1) is 16.6. The Balaban J connectivity index is 2.01. The predicted octanol–water partition coefficient (Wildman–Crippen LogP) is 3.70. The summed E-state index contributed by atoms with van der Waals surface area (Å²) < 4.78 is 5.78. The van der Waals surface area contributed by atoms with Gasteiger partial charge in [-0.1, -0.05) is 31.5 Å². The van der Waals surface area contributed by atoms with E-state index < -0.39 is 0 Å². The van der Waals surface area contributed by atoms with Gasteiger partial charge in [0.1, 0.15) is 0 Å². The molecule has 0 bridgehead atoms. The smallest absolute Gasteiger partial charge is 0.0726 e. The molecule has 118 valence electrons. The molecule has 2 rings (SSSR count). The van der Waals surface area contributed by atoms with Crippen LogP contribution in [-0.2, 0) is 11.3 Å². The quantitative estimate of drug-likeness (QED) is 0.897. The van der Waals surface area contributed by atoms with Crippen molar-refractivity contribution >= 4 is 17.3 Å². The number of rotatable bonds is 5. The molecule has 0 amide bonds. The van der Waals surface area contributed by atoms with Gasteiger partial charge in [-0.15, -0.1) is 0 Å². The minimum atomic E-state index is 0.247. The molecule has 0 unspecified atom stereocenters. The van der Waals surface area contributed by atoms with Gasteiger partial charge in [0.25, 0.3) is 0 Å². The Morgan fingerprint density at radius 3 is 2.52 bits per heavy atom. The predicted molar refractivity (Wildman–Crippen MR) is 90.2 cm³/mol. The summed E-state index contributed by atoms with van der Waals surface area (Å²) in [5, 5.41) is 4.28. The number of hydrogen-bond donors (Lipinski definition) is 1. The SMILES string of the molecule is CC(C)CNCc1ccc(N2C[C@@H](C)O[C@@H](C)C2)c(Cl)c1. The molecule has 4 heteroatoms. The van der Waals surface area contributed by atoms with Crippen LogP contribution in [0.15, 0.2) is 18.2 Å². The molecule has 1 N–H and O–H groups in total. The van der Waals surface area contributed by atoms with Crippen molar-refractivity contribution in [2.75, 3.05) is 24.5 Å². The summed E-state index contributed by atoms with van der Waals surface area (Å²) in [6.07, 6.45) is 0.495. The summed E-state index contributed by atoms with van der Waals surface area (Å²) in [4.78, 5) is 2.33. The molecule has 2 atom stereocenters. The molecule has 1 aliphatic heterocycles. The van der Waals surface area contributed by atoms with E-state index in [2.05, 4.69) is 56.1 Å². The molecule has 0 saturated carbocycles. The lowest BCUT2D eigenvalue weighted by Crippen LogP contribution is -2.45. The zero-order valence-corrected chi connectivity index (χ0v) is 14.3. The van der Waals surface area contributed by atoms with Crippen LogP contribution in [0.5, 0.6) is 0 Å². The molecular formula is C17H27ClN2O. The minimum absolute atomic E-state index is 0.247. The van der Waals surface area contributed by atoms with E-state index >= 15 is 0 Å². The van der Waals surface area contributed by atoms with Crippen molar-refractivity contribution in [1.82, 2.24) is 5.32 Å². The van der Waals surface area contributed by atoms with E-state index in [1.807, 2.05) is 0 Å². The standard InChI is InChI=1S/C17H27ClN2O/c1-12(2)8-19-9-15-5-6-17(16(18)7-15)20-10-13(3)21-14(4)11-20/h5-7,12-14,19H,8-11H2,1-4H3/t13-,14+. The fourth-order valence-corrected chi connectivity index (χ4v) is 3.12. The average molecular weight is 311 g/mol. The Labute approximate surface area is 133 Å². The van der Waals surface area contributed by atoms with E-state index in [0.29, 0.717) is 5.92 Å². The van der Waals surface area contributed by atoms with Crippen LogP contribution in [0.25, 0.3) is 0 Å². The molecular weight excluding hydrogens is 284 g/mol. The fraction of sp³-hybridized carbons (Fsp3) is 0.647. The van der Waals surface area contributed by atoms with E-state index in [1.165, 1.54) is 5.56 Å². The first-order chi connectivity index (χ1) is 9.95. The molecule has 0 spiro atoms. The number of ether oxygens (including phenoxy) is 1. The van der Waals surface area contributed by atoms with Crippen LogP contribution in [0.3, 0.4) is 0 Å². The molecule has 0 radical (unpaired) electrons. The number of nitrogens with one attached hydrogen (secondary N) is 1. The number of nitrogens with zero attached hydrogens (tertiary/aromatic N) is 1. The Kier molecular flexibility index (Phi) is 5.91. The van der Waals surface area contributed by atoms with Gasteiger partial charge in [-0.2, -0.15) is 0 Å². The molecule has 1 aromatic carbocycles. The van der Waals surface area contributed by atoms with Crippen LogP contribution < -0.4 is 10.2 Å². The largest absolute Gasteiger partial charge is 0.372 e. The van der Waals surface area contributed by atoms with Gasteiger partial charge < -0.3 is 15.0 Å². The van der Waals surface area contributed by atoms with Gasteiger partial charge in [-0.05, 0) is 44.0 Å². The van der Waals surface area contributed by atoms with Gasteiger partial charge in [-0.25, -0.2) is 0 Å². The van der Waals surface area contributed by atoms with Crippen LogP contribution in [0.1, 0.15) is 33.3 Å².